The van der Waals surface area contributed by atoms with Crippen molar-refractivity contribution in [3.05, 3.63) is 115 Å². The minimum atomic E-state index is -0.340. The summed E-state index contributed by atoms with van der Waals surface area (Å²) in [4.78, 5) is 33.8. The van der Waals surface area contributed by atoms with E-state index in [0.717, 1.165) is 60.2 Å². The Kier molecular flexibility index (Phi) is 11.3. The highest BCUT2D eigenvalue weighted by molar-refractivity contribution is 7.22. The van der Waals surface area contributed by atoms with Crippen LogP contribution in [0.4, 0.5) is 5.13 Å². The lowest BCUT2D eigenvalue weighted by molar-refractivity contribution is -0.217. The minimum Gasteiger partial charge on any atom is -0.506 e. The molecule has 2 saturated carbocycles. The molecule has 1 amide bonds. The fourth-order valence-electron chi connectivity index (χ4n) is 10.1. The fourth-order valence-corrected chi connectivity index (χ4v) is 10.9. The number of rotatable bonds is 13. The molecule has 2 fully saturated rings. The Hall–Kier alpha value is -4.97. The average molecular weight is 774 g/mol. The van der Waals surface area contributed by atoms with Crippen LogP contribution in [0.1, 0.15) is 90.7 Å². The highest BCUT2D eigenvalue weighted by Gasteiger charge is 2.58. The Morgan fingerprint density at radius 3 is 2.48 bits per heavy atom. The number of carbonyl (C=O) groups excluding carboxylic acids is 1. The third kappa shape index (κ3) is 8.40. The summed E-state index contributed by atoms with van der Waals surface area (Å²) in [6, 6.07) is 7.57. The number of amides is 1. The summed E-state index contributed by atoms with van der Waals surface area (Å²) in [5, 5.41) is 19.2. The molecule has 2 aliphatic carbocycles. The summed E-state index contributed by atoms with van der Waals surface area (Å²) in [7, 11) is 1.86. The number of nitrogens with one attached hydrogen (secondary N) is 2. The van der Waals surface area contributed by atoms with Crippen molar-refractivity contribution in [2.75, 3.05) is 12.4 Å². The topological polar surface area (TPSA) is 127 Å². The van der Waals surface area contributed by atoms with Gasteiger partial charge in [0.25, 0.3) is 5.91 Å². The maximum atomic E-state index is 13.7. The van der Waals surface area contributed by atoms with Gasteiger partial charge in [0.2, 0.25) is 0 Å². The third-order valence-corrected chi connectivity index (χ3v) is 11.9. The molecule has 4 aromatic heterocycles. The van der Waals surface area contributed by atoms with Gasteiger partial charge in [0, 0.05) is 47.8 Å². The predicted molar refractivity (Wildman–Crippen MR) is 229 cm³/mol. The Balaban J connectivity index is 1.32. The lowest BCUT2D eigenvalue weighted by atomic mass is 9.48. The second kappa shape index (κ2) is 15.5. The Morgan fingerprint density at radius 2 is 1.82 bits per heavy atom. The highest BCUT2D eigenvalue weighted by atomic mass is 32.1. The molecule has 0 radical (unpaired) electrons. The summed E-state index contributed by atoms with van der Waals surface area (Å²) < 4.78 is 2.96. The van der Waals surface area contributed by atoms with E-state index in [1.165, 1.54) is 11.3 Å². The summed E-state index contributed by atoms with van der Waals surface area (Å²) in [5.41, 5.74) is 9.42. The first kappa shape index (κ1) is 40.7. The quantitative estimate of drug-likeness (QED) is 0.0530. The van der Waals surface area contributed by atoms with E-state index in [4.69, 9.17) is 14.9 Å². The second-order valence-electron chi connectivity index (χ2n) is 17.2. The van der Waals surface area contributed by atoms with Gasteiger partial charge in [0.05, 0.1) is 22.2 Å². The maximum absolute atomic E-state index is 13.7. The Bertz CT molecular complexity index is 2270. The number of aliphatic hydroxyl groups is 1. The van der Waals surface area contributed by atoms with Crippen molar-refractivity contribution in [2.45, 2.75) is 92.7 Å². The van der Waals surface area contributed by atoms with Crippen LogP contribution >= 0.6 is 11.3 Å². The largest absolute Gasteiger partial charge is 0.506 e. The van der Waals surface area contributed by atoms with Crippen LogP contribution < -0.4 is 10.8 Å². The number of carbonyl (C=O) groups is 1. The fraction of sp³-hybridized carbons (Fsp3) is 0.400. The number of anilines is 1. The van der Waals surface area contributed by atoms with Gasteiger partial charge >= 0.3 is 0 Å². The van der Waals surface area contributed by atoms with E-state index in [1.807, 2.05) is 57.4 Å². The van der Waals surface area contributed by atoms with Crippen molar-refractivity contribution in [3.8, 4) is 11.1 Å². The number of thiazole rings is 1. The number of hydrogen-bond donors (Lipinski definition) is 3. The zero-order valence-electron chi connectivity index (χ0n) is 34.0. The maximum Gasteiger partial charge on any atom is 0.258 e. The molecule has 6 rings (SSSR count). The average Bonchev–Trinajstić information content (AvgIpc) is 3.67. The van der Waals surface area contributed by atoms with E-state index in [2.05, 4.69) is 79.8 Å². The van der Waals surface area contributed by atoms with Gasteiger partial charge in [-0.25, -0.2) is 15.4 Å². The van der Waals surface area contributed by atoms with Crippen molar-refractivity contribution in [2.24, 2.45) is 16.2 Å². The monoisotopic (exact) mass is 773 g/mol. The van der Waals surface area contributed by atoms with E-state index in [9.17, 15) is 9.90 Å². The predicted octanol–water partition coefficient (Wildman–Crippen LogP) is 10.4. The first-order valence-electron chi connectivity index (χ1n) is 19.1. The van der Waals surface area contributed by atoms with E-state index in [1.54, 1.807) is 24.4 Å². The van der Waals surface area contributed by atoms with Gasteiger partial charge < -0.3 is 5.11 Å². The SMILES string of the molecule is C=C\C(=C/C(C(=C)C)=C(/C=C\C)C(=O)Nc1nc2ncccc2s1)c1ccc(-c2cnn(CC3(C)CC4(C)CC(C)(C)CC(ONC)(C3)C4)c2C)c(C(=C)O)n1. The molecule has 10 nitrogen and oxygen atoms in total. The summed E-state index contributed by atoms with van der Waals surface area (Å²) in [6.07, 6.45) is 15.8. The number of aliphatic hydroxyl groups excluding tert-OH is 1. The number of fused-ring (bicyclic) bond motifs is 3. The molecule has 2 bridgehead atoms. The summed E-state index contributed by atoms with van der Waals surface area (Å²) >= 11 is 1.35. The normalized spacial score (nSPS) is 23.9. The molecule has 0 aliphatic heterocycles. The summed E-state index contributed by atoms with van der Waals surface area (Å²) in [5.74, 6) is -0.505. The molecule has 0 saturated heterocycles. The number of nitrogens with zero attached hydrogens (tertiary/aromatic N) is 5. The minimum absolute atomic E-state index is 0.0492. The molecule has 0 aromatic carbocycles. The Morgan fingerprint density at radius 1 is 1.05 bits per heavy atom. The zero-order valence-corrected chi connectivity index (χ0v) is 34.9. The van der Waals surface area contributed by atoms with Crippen molar-refractivity contribution >= 4 is 44.1 Å². The van der Waals surface area contributed by atoms with Gasteiger partial charge in [0.15, 0.2) is 10.8 Å². The number of pyridine rings is 2. The first-order valence-corrected chi connectivity index (χ1v) is 19.9. The molecule has 4 aromatic rings. The molecule has 3 atom stereocenters. The van der Waals surface area contributed by atoms with Gasteiger partial charge in [0.1, 0.15) is 11.5 Å². The van der Waals surface area contributed by atoms with E-state index < -0.39 is 0 Å². The smallest absolute Gasteiger partial charge is 0.258 e. The van der Waals surface area contributed by atoms with Gasteiger partial charge in [-0.05, 0) is 105 Å². The molecule has 2 aliphatic rings. The number of hydroxylamine groups is 1. The number of hydrogen-bond acceptors (Lipinski definition) is 9. The first-order chi connectivity index (χ1) is 26.4. The lowest BCUT2D eigenvalue weighted by Crippen LogP contribution is -2.58. The van der Waals surface area contributed by atoms with Crippen molar-refractivity contribution in [3.63, 3.8) is 0 Å². The van der Waals surface area contributed by atoms with E-state index >= 15 is 0 Å². The molecule has 3 N–H and O–H groups in total. The van der Waals surface area contributed by atoms with Crippen LogP contribution in [0.3, 0.4) is 0 Å². The molecular formula is C45H55N7O3S. The molecular weight excluding hydrogens is 719 g/mol. The van der Waals surface area contributed by atoms with Crippen LogP contribution in [0.15, 0.2) is 97.4 Å². The van der Waals surface area contributed by atoms with Crippen molar-refractivity contribution in [1.82, 2.24) is 30.2 Å². The second-order valence-corrected chi connectivity index (χ2v) is 18.2. The lowest BCUT2D eigenvalue weighted by Gasteiger charge is -2.60. The van der Waals surface area contributed by atoms with Gasteiger partial charge in [-0.15, -0.1) is 0 Å². The highest BCUT2D eigenvalue weighted by Crippen LogP contribution is 2.63. The molecule has 56 heavy (non-hydrogen) atoms. The number of aromatic nitrogens is 5. The molecule has 4 heterocycles. The van der Waals surface area contributed by atoms with E-state index in [0.29, 0.717) is 44.5 Å². The van der Waals surface area contributed by atoms with Crippen molar-refractivity contribution in [1.29, 1.82) is 0 Å². The molecule has 0 spiro atoms. The standard InChI is InChI=1S/C45H55N7O3S/c1-12-15-33(40(54)51-41-50-39-37(56-41)16-14-19-47-39)34(28(3)4)20-31(13-2)36-18-17-32(38(49-36)30(6)53)35-21-48-52(29(35)5)27-44(10)24-43(9)22-42(7,8)23-45(25-43,26-44)55-46-11/h12-21,46,53H,2-3,6,22-27H2,1,4-5,7-11H3,(H,47,50,51,54)/b15-12-,31-20+,34-33+. The zero-order chi connectivity index (χ0) is 40.6. The van der Waals surface area contributed by atoms with Crippen molar-refractivity contribution < 1.29 is 14.7 Å². The van der Waals surface area contributed by atoms with Crippen LogP contribution in [-0.2, 0) is 16.2 Å². The van der Waals surface area contributed by atoms with Gasteiger partial charge in [-0.1, -0.05) is 82.6 Å². The Labute approximate surface area is 334 Å². The van der Waals surface area contributed by atoms with Crippen LogP contribution in [0.5, 0.6) is 0 Å². The van der Waals surface area contributed by atoms with E-state index in [-0.39, 0.29) is 33.5 Å². The number of allylic oxidation sites excluding steroid dienone is 6. The van der Waals surface area contributed by atoms with Gasteiger partial charge in [-0.3, -0.25) is 19.6 Å². The molecule has 11 heteroatoms. The van der Waals surface area contributed by atoms with Gasteiger partial charge in [-0.2, -0.15) is 10.1 Å². The summed E-state index contributed by atoms with van der Waals surface area (Å²) in [6.45, 7) is 28.2. The molecule has 3 unspecified atom stereocenters. The van der Waals surface area contributed by atoms with Crippen LogP contribution in [-0.4, -0.2) is 48.4 Å². The molecule has 294 valence electrons. The third-order valence-electron chi connectivity index (χ3n) is 11.0. The van der Waals surface area contributed by atoms with Crippen LogP contribution in [0.2, 0.25) is 0 Å². The van der Waals surface area contributed by atoms with Crippen LogP contribution in [0, 0.1) is 23.2 Å². The van der Waals surface area contributed by atoms with Crippen LogP contribution in [0.25, 0.3) is 32.8 Å².